The summed E-state index contributed by atoms with van der Waals surface area (Å²) in [4.78, 5) is 0. The Morgan fingerprint density at radius 2 is 1.64 bits per heavy atom. The molecule has 6 rings (SSSR count). The number of halogens is 3. The van der Waals surface area contributed by atoms with Crippen LogP contribution in [-0.4, -0.2) is 16.8 Å². The molecule has 0 unspecified atom stereocenters. The predicted molar refractivity (Wildman–Crippen MR) is 123 cm³/mol. The normalized spacial score (nSPS) is 29.0. The number of hydrogen-bond donors (Lipinski definition) is 2. The van der Waals surface area contributed by atoms with E-state index in [1.54, 1.807) is 6.07 Å². The van der Waals surface area contributed by atoms with Gasteiger partial charge in [0.15, 0.2) is 0 Å². The Hall–Kier alpha value is -2.27. The van der Waals surface area contributed by atoms with Crippen molar-refractivity contribution in [2.24, 2.45) is 17.8 Å². The molecule has 2 nitrogen and oxygen atoms in total. The molecule has 0 aromatic heterocycles. The quantitative estimate of drug-likeness (QED) is 0.497. The van der Waals surface area contributed by atoms with Crippen LogP contribution in [0.4, 0.5) is 13.2 Å². The first-order valence-electron chi connectivity index (χ1n) is 12.1. The number of allylic oxidation sites excluding steroid dienone is 1. The number of rotatable bonds is 6. The molecule has 4 aliphatic rings. The number of aryl methyl sites for hydroxylation is 1. The summed E-state index contributed by atoms with van der Waals surface area (Å²) in [5, 5.41) is 20.5. The zero-order chi connectivity index (χ0) is 23.2. The van der Waals surface area contributed by atoms with Gasteiger partial charge in [-0.1, -0.05) is 30.3 Å². The molecule has 176 valence electrons. The number of benzene rings is 2. The van der Waals surface area contributed by atoms with Crippen molar-refractivity contribution in [3.05, 3.63) is 70.8 Å². The van der Waals surface area contributed by atoms with Gasteiger partial charge in [-0.25, -0.2) is 0 Å². The molecule has 0 radical (unpaired) electrons. The van der Waals surface area contributed by atoms with Gasteiger partial charge >= 0.3 is 6.18 Å². The van der Waals surface area contributed by atoms with E-state index >= 15 is 0 Å². The number of aliphatic hydroxyl groups excluding tert-OH is 1. The van der Waals surface area contributed by atoms with Gasteiger partial charge in [0.05, 0.1) is 12.2 Å². The van der Waals surface area contributed by atoms with E-state index in [1.807, 2.05) is 18.2 Å². The second kappa shape index (κ2) is 8.50. The van der Waals surface area contributed by atoms with Crippen molar-refractivity contribution in [1.29, 1.82) is 0 Å². The number of phenols is 1. The highest BCUT2D eigenvalue weighted by molar-refractivity contribution is 5.66. The zero-order valence-corrected chi connectivity index (χ0v) is 18.7. The van der Waals surface area contributed by atoms with Gasteiger partial charge in [0.25, 0.3) is 0 Å². The molecular weight excluding hydrogens is 425 g/mol. The smallest absolute Gasteiger partial charge is 0.416 e. The van der Waals surface area contributed by atoms with E-state index in [-0.39, 0.29) is 12.0 Å². The molecule has 4 bridgehead atoms. The molecule has 33 heavy (non-hydrogen) atoms. The fourth-order valence-corrected chi connectivity index (χ4v) is 7.19. The maximum Gasteiger partial charge on any atom is 0.416 e. The van der Waals surface area contributed by atoms with Crippen LogP contribution < -0.4 is 0 Å². The average Bonchev–Trinajstić information content (AvgIpc) is 2.76. The van der Waals surface area contributed by atoms with Crippen LogP contribution in [-0.2, 0) is 18.0 Å². The van der Waals surface area contributed by atoms with Gasteiger partial charge in [-0.15, -0.1) is 0 Å². The number of aromatic hydroxyl groups is 1. The SMILES string of the molecule is OC/C(=C\CCc1ccc(O)c(C23CC4CC(CC(C4)C2)C3)c1)c1cccc(C(F)(F)F)c1. The van der Waals surface area contributed by atoms with E-state index in [0.29, 0.717) is 29.7 Å². The summed E-state index contributed by atoms with van der Waals surface area (Å²) < 4.78 is 39.1. The number of alkyl halides is 3. The van der Waals surface area contributed by atoms with E-state index < -0.39 is 11.7 Å². The van der Waals surface area contributed by atoms with Crippen LogP contribution in [0.5, 0.6) is 5.75 Å². The lowest BCUT2D eigenvalue weighted by atomic mass is 9.48. The van der Waals surface area contributed by atoms with Crippen molar-refractivity contribution < 1.29 is 23.4 Å². The number of phenolic OH excluding ortho intramolecular Hbond substituents is 1. The molecule has 4 aliphatic carbocycles. The van der Waals surface area contributed by atoms with Crippen LogP contribution in [0.3, 0.4) is 0 Å². The Morgan fingerprint density at radius 3 is 2.24 bits per heavy atom. The largest absolute Gasteiger partial charge is 0.508 e. The van der Waals surface area contributed by atoms with Crippen LogP contribution in [0.15, 0.2) is 48.5 Å². The minimum absolute atomic E-state index is 0.110. The Bertz CT molecular complexity index is 1020. The second-order valence-electron chi connectivity index (χ2n) is 10.6. The summed E-state index contributed by atoms with van der Waals surface area (Å²) in [6.45, 7) is -0.310. The van der Waals surface area contributed by atoms with Crippen molar-refractivity contribution in [3.8, 4) is 5.75 Å². The standard InChI is InChI=1S/C28H31F3O2/c29-28(30,31)24-6-2-4-22(13-24)23(17-32)5-1-3-18-7-8-26(33)25(12-18)27-14-19-9-20(15-27)11-21(10-19)16-27/h2,4-8,12-13,19-21,32-33H,1,3,9-11,14-17H2/b23-5+. The molecule has 2 aromatic rings. The summed E-state index contributed by atoms with van der Waals surface area (Å²) in [7, 11) is 0. The van der Waals surface area contributed by atoms with Gasteiger partial charge in [0.1, 0.15) is 5.75 Å². The average molecular weight is 457 g/mol. The van der Waals surface area contributed by atoms with E-state index in [9.17, 15) is 23.4 Å². The highest BCUT2D eigenvalue weighted by Gasteiger charge is 2.52. The zero-order valence-electron chi connectivity index (χ0n) is 18.7. The van der Waals surface area contributed by atoms with Crippen LogP contribution in [0, 0.1) is 17.8 Å². The molecule has 0 spiro atoms. The summed E-state index contributed by atoms with van der Waals surface area (Å²) in [5.41, 5.74) is 2.52. The molecule has 0 amide bonds. The Morgan fingerprint density at radius 1 is 0.970 bits per heavy atom. The van der Waals surface area contributed by atoms with Crippen molar-refractivity contribution in [1.82, 2.24) is 0 Å². The molecule has 0 atom stereocenters. The van der Waals surface area contributed by atoms with Gasteiger partial charge in [-0.3, -0.25) is 0 Å². The molecule has 4 fully saturated rings. The van der Waals surface area contributed by atoms with E-state index in [1.165, 1.54) is 44.6 Å². The maximum atomic E-state index is 13.0. The lowest BCUT2D eigenvalue weighted by Gasteiger charge is -2.57. The van der Waals surface area contributed by atoms with Crippen LogP contribution in [0.2, 0.25) is 0 Å². The topological polar surface area (TPSA) is 40.5 Å². The number of hydrogen-bond acceptors (Lipinski definition) is 2. The van der Waals surface area contributed by atoms with Crippen molar-refractivity contribution in [2.45, 2.75) is 63.0 Å². The highest BCUT2D eigenvalue weighted by Crippen LogP contribution is 2.61. The third kappa shape index (κ3) is 4.44. The van der Waals surface area contributed by atoms with Gasteiger partial charge < -0.3 is 10.2 Å². The monoisotopic (exact) mass is 456 g/mol. The molecule has 4 saturated carbocycles. The van der Waals surface area contributed by atoms with E-state index in [0.717, 1.165) is 41.0 Å². The molecule has 0 heterocycles. The summed E-state index contributed by atoms with van der Waals surface area (Å²) in [6, 6.07) is 11.0. The molecule has 2 N–H and O–H groups in total. The first kappa shape index (κ1) is 22.5. The Balaban J connectivity index is 1.33. The fourth-order valence-electron chi connectivity index (χ4n) is 7.19. The molecule has 2 aromatic carbocycles. The van der Waals surface area contributed by atoms with Gasteiger partial charge in [0, 0.05) is 5.56 Å². The van der Waals surface area contributed by atoms with Crippen molar-refractivity contribution >= 4 is 5.57 Å². The van der Waals surface area contributed by atoms with Gasteiger partial charge in [-0.05, 0) is 109 Å². The lowest BCUT2D eigenvalue weighted by Crippen LogP contribution is -2.48. The predicted octanol–water partition coefficient (Wildman–Crippen LogP) is 6.89. The minimum Gasteiger partial charge on any atom is -0.508 e. The third-order valence-corrected chi connectivity index (χ3v) is 8.23. The Kier molecular flexibility index (Phi) is 5.80. The van der Waals surface area contributed by atoms with Gasteiger partial charge in [0.2, 0.25) is 0 Å². The van der Waals surface area contributed by atoms with Crippen LogP contribution in [0.1, 0.15) is 67.2 Å². The second-order valence-corrected chi connectivity index (χ2v) is 10.6. The molecule has 5 heteroatoms. The van der Waals surface area contributed by atoms with E-state index in [4.69, 9.17) is 0 Å². The number of aliphatic hydroxyl groups is 1. The first-order valence-corrected chi connectivity index (χ1v) is 12.1. The van der Waals surface area contributed by atoms with Gasteiger partial charge in [-0.2, -0.15) is 13.2 Å². The third-order valence-electron chi connectivity index (χ3n) is 8.23. The molecule has 0 saturated heterocycles. The molecular formula is C28H31F3O2. The summed E-state index contributed by atoms with van der Waals surface area (Å²) in [5.74, 6) is 2.78. The van der Waals surface area contributed by atoms with Crippen LogP contribution in [0.25, 0.3) is 5.57 Å². The van der Waals surface area contributed by atoms with E-state index in [2.05, 4.69) is 6.07 Å². The first-order chi connectivity index (χ1) is 15.8. The lowest BCUT2D eigenvalue weighted by molar-refractivity contribution is -0.137. The minimum atomic E-state index is -4.41. The molecule has 0 aliphatic heterocycles. The highest BCUT2D eigenvalue weighted by atomic mass is 19.4. The maximum absolute atomic E-state index is 13.0. The fraction of sp³-hybridized carbons (Fsp3) is 0.500. The summed E-state index contributed by atoms with van der Waals surface area (Å²) in [6.07, 6.45) is 6.33. The van der Waals surface area contributed by atoms with Crippen LogP contribution >= 0.6 is 0 Å². The van der Waals surface area contributed by atoms with Crippen molar-refractivity contribution in [3.63, 3.8) is 0 Å². The van der Waals surface area contributed by atoms with Crippen molar-refractivity contribution in [2.75, 3.05) is 6.61 Å². The Labute approximate surface area is 193 Å². The summed E-state index contributed by atoms with van der Waals surface area (Å²) >= 11 is 0.